The second kappa shape index (κ2) is 5.11. The Morgan fingerprint density at radius 1 is 1.14 bits per heavy atom. The molecule has 0 fully saturated rings. The van der Waals surface area contributed by atoms with E-state index >= 15 is 0 Å². The molecule has 5 nitrogen and oxygen atoms in total. The number of aryl methyl sites for hydroxylation is 2. The van der Waals surface area contributed by atoms with Crippen LogP contribution in [0.1, 0.15) is 12.1 Å². The van der Waals surface area contributed by atoms with Crippen molar-refractivity contribution in [3.05, 3.63) is 35.0 Å². The van der Waals surface area contributed by atoms with Gasteiger partial charge in [-0.2, -0.15) is 5.10 Å². The largest absolute Gasteiger partial charge is 0.326 e. The lowest BCUT2D eigenvalue weighted by molar-refractivity contribution is 0.332. The fourth-order valence-electron chi connectivity index (χ4n) is 3.14. The van der Waals surface area contributed by atoms with Gasteiger partial charge in [0.15, 0.2) is 5.82 Å². The number of fused-ring (bicyclic) bond motifs is 2. The van der Waals surface area contributed by atoms with Crippen LogP contribution in [0.3, 0.4) is 0 Å². The SMILES string of the molecule is CN1CCCn2nc(-c3nc4ccccc4n3C)c(Cl)c2C1. The van der Waals surface area contributed by atoms with E-state index in [-0.39, 0.29) is 0 Å². The van der Waals surface area contributed by atoms with E-state index < -0.39 is 0 Å². The number of hydrogen-bond donors (Lipinski definition) is 0. The number of para-hydroxylation sites is 2. The molecule has 1 aliphatic rings. The van der Waals surface area contributed by atoms with Gasteiger partial charge < -0.3 is 9.47 Å². The number of aromatic nitrogens is 4. The van der Waals surface area contributed by atoms with Gasteiger partial charge in [-0.15, -0.1) is 0 Å². The second-order valence-electron chi connectivity index (χ2n) is 5.91. The molecule has 1 aliphatic heterocycles. The molecule has 3 heterocycles. The molecular weight excluding hydrogens is 298 g/mol. The summed E-state index contributed by atoms with van der Waals surface area (Å²) in [4.78, 5) is 7.00. The van der Waals surface area contributed by atoms with Gasteiger partial charge in [0.25, 0.3) is 0 Å². The van der Waals surface area contributed by atoms with E-state index in [4.69, 9.17) is 21.7 Å². The van der Waals surface area contributed by atoms with E-state index in [9.17, 15) is 0 Å². The van der Waals surface area contributed by atoms with Crippen LogP contribution in [0.15, 0.2) is 24.3 Å². The zero-order valence-electron chi connectivity index (χ0n) is 12.8. The minimum Gasteiger partial charge on any atom is -0.326 e. The molecule has 0 amide bonds. The van der Waals surface area contributed by atoms with Gasteiger partial charge in [-0.05, 0) is 25.6 Å². The molecule has 0 saturated carbocycles. The van der Waals surface area contributed by atoms with Gasteiger partial charge in [-0.25, -0.2) is 4.98 Å². The monoisotopic (exact) mass is 315 g/mol. The van der Waals surface area contributed by atoms with E-state index in [0.29, 0.717) is 0 Å². The van der Waals surface area contributed by atoms with Gasteiger partial charge in [0.05, 0.1) is 21.7 Å². The first kappa shape index (κ1) is 13.8. The molecule has 3 aromatic rings. The summed E-state index contributed by atoms with van der Waals surface area (Å²) in [7, 11) is 4.13. The molecule has 0 saturated heterocycles. The highest BCUT2D eigenvalue weighted by molar-refractivity contribution is 6.33. The molecule has 0 unspecified atom stereocenters. The van der Waals surface area contributed by atoms with E-state index in [2.05, 4.69) is 22.6 Å². The van der Waals surface area contributed by atoms with Crippen molar-refractivity contribution in [2.24, 2.45) is 7.05 Å². The maximum absolute atomic E-state index is 6.65. The Hall–Kier alpha value is -1.85. The highest BCUT2D eigenvalue weighted by atomic mass is 35.5. The Bertz CT molecular complexity index is 848. The number of hydrogen-bond acceptors (Lipinski definition) is 3. The molecular formula is C16H18ClN5. The third kappa shape index (κ3) is 2.04. The number of rotatable bonds is 1. The van der Waals surface area contributed by atoms with Crippen molar-refractivity contribution < 1.29 is 0 Å². The smallest absolute Gasteiger partial charge is 0.163 e. The summed E-state index contributed by atoms with van der Waals surface area (Å²) in [6, 6.07) is 8.10. The lowest BCUT2D eigenvalue weighted by Gasteiger charge is -2.11. The van der Waals surface area contributed by atoms with Crippen molar-refractivity contribution in [1.29, 1.82) is 0 Å². The Morgan fingerprint density at radius 2 is 1.95 bits per heavy atom. The Balaban J connectivity index is 1.89. The third-order valence-electron chi connectivity index (χ3n) is 4.32. The molecule has 0 spiro atoms. The molecule has 6 heteroatoms. The van der Waals surface area contributed by atoms with Crippen LogP contribution < -0.4 is 0 Å². The summed E-state index contributed by atoms with van der Waals surface area (Å²) < 4.78 is 4.10. The van der Waals surface area contributed by atoms with Gasteiger partial charge >= 0.3 is 0 Å². The zero-order chi connectivity index (χ0) is 15.3. The Morgan fingerprint density at radius 3 is 2.77 bits per heavy atom. The highest BCUT2D eigenvalue weighted by Crippen LogP contribution is 2.32. The summed E-state index contributed by atoms with van der Waals surface area (Å²) in [6.07, 6.45) is 1.09. The molecule has 2 aromatic heterocycles. The van der Waals surface area contributed by atoms with Crippen LogP contribution in [-0.4, -0.2) is 37.8 Å². The van der Waals surface area contributed by atoms with Gasteiger partial charge in [0, 0.05) is 26.7 Å². The van der Waals surface area contributed by atoms with Crippen molar-refractivity contribution in [1.82, 2.24) is 24.2 Å². The number of benzene rings is 1. The minimum absolute atomic E-state index is 0.729. The maximum atomic E-state index is 6.65. The van der Waals surface area contributed by atoms with Crippen LogP contribution in [0.4, 0.5) is 0 Å². The molecule has 0 atom stereocenters. The first-order valence-electron chi connectivity index (χ1n) is 7.50. The van der Waals surface area contributed by atoms with Gasteiger partial charge in [0.1, 0.15) is 5.69 Å². The topological polar surface area (TPSA) is 38.9 Å². The van der Waals surface area contributed by atoms with Gasteiger partial charge in [-0.3, -0.25) is 4.68 Å². The first-order valence-corrected chi connectivity index (χ1v) is 7.88. The fourth-order valence-corrected chi connectivity index (χ4v) is 3.42. The standard InChI is InChI=1S/C16H18ClN5/c1-20-8-5-9-22-13(10-20)14(17)15(19-22)16-18-11-6-3-4-7-12(11)21(16)2/h3-4,6-7H,5,8-10H2,1-2H3. The normalized spacial score (nSPS) is 16.0. The van der Waals surface area contributed by atoms with Gasteiger partial charge in [-0.1, -0.05) is 23.7 Å². The highest BCUT2D eigenvalue weighted by Gasteiger charge is 2.23. The second-order valence-corrected chi connectivity index (χ2v) is 6.28. The molecule has 4 rings (SSSR count). The number of nitrogens with zero attached hydrogens (tertiary/aromatic N) is 5. The molecule has 0 radical (unpaired) electrons. The van der Waals surface area contributed by atoms with Gasteiger partial charge in [0.2, 0.25) is 0 Å². The molecule has 1 aromatic carbocycles. The minimum atomic E-state index is 0.729. The summed E-state index contributed by atoms with van der Waals surface area (Å²) in [5.74, 6) is 0.828. The lowest BCUT2D eigenvalue weighted by atomic mass is 10.3. The molecule has 0 aliphatic carbocycles. The van der Waals surface area contributed by atoms with E-state index in [1.54, 1.807) is 0 Å². The van der Waals surface area contributed by atoms with E-state index in [1.165, 1.54) is 0 Å². The van der Waals surface area contributed by atoms with Crippen molar-refractivity contribution in [3.63, 3.8) is 0 Å². The summed E-state index contributed by atoms with van der Waals surface area (Å²) in [5.41, 5.74) is 3.93. The van der Waals surface area contributed by atoms with Crippen molar-refractivity contribution in [2.75, 3.05) is 13.6 Å². The molecule has 0 N–H and O–H groups in total. The summed E-state index contributed by atoms with van der Waals surface area (Å²) in [6.45, 7) is 2.81. The predicted molar refractivity (Wildman–Crippen MR) is 87.9 cm³/mol. The van der Waals surface area contributed by atoms with Crippen LogP contribution in [0, 0.1) is 0 Å². The van der Waals surface area contributed by atoms with E-state index in [0.717, 1.165) is 59.3 Å². The van der Waals surface area contributed by atoms with E-state index in [1.807, 2.05) is 29.9 Å². The van der Waals surface area contributed by atoms with Crippen LogP contribution in [-0.2, 0) is 20.1 Å². The zero-order valence-corrected chi connectivity index (χ0v) is 13.5. The first-order chi connectivity index (χ1) is 10.6. The quantitative estimate of drug-likeness (QED) is 0.693. The van der Waals surface area contributed by atoms with Crippen molar-refractivity contribution in [3.8, 4) is 11.5 Å². The van der Waals surface area contributed by atoms with Crippen LogP contribution >= 0.6 is 11.6 Å². The summed E-state index contributed by atoms with van der Waals surface area (Å²) in [5, 5.41) is 5.47. The maximum Gasteiger partial charge on any atom is 0.163 e. The van der Waals surface area contributed by atoms with Crippen molar-refractivity contribution >= 4 is 22.6 Å². The van der Waals surface area contributed by atoms with Crippen LogP contribution in [0.5, 0.6) is 0 Å². The summed E-state index contributed by atoms with van der Waals surface area (Å²) >= 11 is 6.65. The third-order valence-corrected chi connectivity index (χ3v) is 4.72. The molecule has 22 heavy (non-hydrogen) atoms. The average Bonchev–Trinajstić information content (AvgIpc) is 2.91. The number of halogens is 1. The lowest BCUT2D eigenvalue weighted by Crippen LogP contribution is -2.17. The predicted octanol–water partition coefficient (Wildman–Crippen LogP) is 2.93. The van der Waals surface area contributed by atoms with Crippen molar-refractivity contribution in [2.45, 2.75) is 19.5 Å². The Labute approximate surface area is 134 Å². The average molecular weight is 316 g/mol. The van der Waals surface area contributed by atoms with Crippen LogP contribution in [0.25, 0.3) is 22.6 Å². The Kier molecular flexibility index (Phi) is 3.20. The number of imidazole rings is 1. The van der Waals surface area contributed by atoms with Crippen LogP contribution in [0.2, 0.25) is 5.02 Å². The molecule has 114 valence electrons. The fraction of sp³-hybridized carbons (Fsp3) is 0.375. The molecule has 0 bridgehead atoms.